The van der Waals surface area contributed by atoms with E-state index < -0.39 is 6.10 Å². The second kappa shape index (κ2) is 6.79. The second-order valence-electron chi connectivity index (χ2n) is 3.44. The third-order valence-corrected chi connectivity index (χ3v) is 2.18. The van der Waals surface area contributed by atoms with Crippen molar-refractivity contribution >= 4 is 5.97 Å². The van der Waals surface area contributed by atoms with Gasteiger partial charge in [-0.05, 0) is 6.42 Å². The van der Waals surface area contributed by atoms with Gasteiger partial charge in [-0.3, -0.25) is 0 Å². The Bertz CT molecular complexity index is 167. The first kappa shape index (κ1) is 11.5. The van der Waals surface area contributed by atoms with Crippen LogP contribution >= 0.6 is 0 Å². The summed E-state index contributed by atoms with van der Waals surface area (Å²) in [7, 11) is 0. The molecule has 1 unspecified atom stereocenters. The molecule has 0 aromatic carbocycles. The van der Waals surface area contributed by atoms with E-state index >= 15 is 0 Å². The summed E-state index contributed by atoms with van der Waals surface area (Å²) in [5, 5.41) is 3.09. The molecule has 4 heteroatoms. The van der Waals surface area contributed by atoms with Crippen LogP contribution in [0.4, 0.5) is 0 Å². The monoisotopic (exact) mass is 201 g/mol. The molecule has 0 amide bonds. The molecule has 1 fully saturated rings. The van der Waals surface area contributed by atoms with E-state index in [1.54, 1.807) is 0 Å². The third-order valence-electron chi connectivity index (χ3n) is 2.18. The normalized spacial score (nSPS) is 21.9. The van der Waals surface area contributed by atoms with Crippen LogP contribution in [0.25, 0.3) is 0 Å². The predicted octanol–water partition coefficient (Wildman–Crippen LogP) is 0.708. The molecule has 4 nitrogen and oxygen atoms in total. The van der Waals surface area contributed by atoms with Crippen LogP contribution in [0.5, 0.6) is 0 Å². The quantitative estimate of drug-likeness (QED) is 0.525. The molecule has 1 aliphatic rings. The van der Waals surface area contributed by atoms with Crippen LogP contribution in [0, 0.1) is 0 Å². The lowest BCUT2D eigenvalue weighted by Gasteiger charge is -2.21. The summed E-state index contributed by atoms with van der Waals surface area (Å²) in [6.07, 6.45) is 2.80. The van der Waals surface area contributed by atoms with E-state index in [0.29, 0.717) is 19.8 Å². The minimum atomic E-state index is -0.398. The summed E-state index contributed by atoms with van der Waals surface area (Å²) in [5.41, 5.74) is 0. The van der Waals surface area contributed by atoms with Crippen molar-refractivity contribution in [1.82, 2.24) is 5.32 Å². The Morgan fingerprint density at radius 2 is 2.43 bits per heavy atom. The molecule has 0 radical (unpaired) electrons. The van der Waals surface area contributed by atoms with E-state index in [1.807, 2.05) is 0 Å². The van der Waals surface area contributed by atoms with Crippen LogP contribution in [0.3, 0.4) is 0 Å². The maximum Gasteiger partial charge on any atom is 0.336 e. The Hall–Kier alpha value is -0.610. The van der Waals surface area contributed by atoms with Gasteiger partial charge in [-0.1, -0.05) is 19.8 Å². The van der Waals surface area contributed by atoms with Crippen LogP contribution in [-0.4, -0.2) is 38.4 Å². The summed E-state index contributed by atoms with van der Waals surface area (Å²) in [6, 6.07) is 0. The van der Waals surface area contributed by atoms with Crippen molar-refractivity contribution in [3.8, 4) is 0 Å². The van der Waals surface area contributed by atoms with Crippen molar-refractivity contribution < 1.29 is 14.3 Å². The molecule has 1 saturated heterocycles. The highest BCUT2D eigenvalue weighted by atomic mass is 16.6. The Morgan fingerprint density at radius 1 is 1.57 bits per heavy atom. The van der Waals surface area contributed by atoms with E-state index in [2.05, 4.69) is 12.2 Å². The summed E-state index contributed by atoms with van der Waals surface area (Å²) in [4.78, 5) is 11.4. The maximum absolute atomic E-state index is 11.4. The average molecular weight is 201 g/mol. The molecule has 82 valence electrons. The summed E-state index contributed by atoms with van der Waals surface area (Å²) >= 11 is 0. The largest absolute Gasteiger partial charge is 0.464 e. The number of nitrogens with one attached hydrogen (secondary N) is 1. The Morgan fingerprint density at radius 3 is 3.07 bits per heavy atom. The van der Waals surface area contributed by atoms with E-state index in [0.717, 1.165) is 25.8 Å². The molecule has 0 spiro atoms. The molecule has 1 heterocycles. The molecule has 14 heavy (non-hydrogen) atoms. The van der Waals surface area contributed by atoms with Gasteiger partial charge in [0.1, 0.15) is 0 Å². The molecular weight excluding hydrogens is 182 g/mol. The minimum Gasteiger partial charge on any atom is -0.464 e. The molecule has 0 aromatic rings. The van der Waals surface area contributed by atoms with Gasteiger partial charge in [0.15, 0.2) is 6.10 Å². The number of esters is 1. The predicted molar refractivity (Wildman–Crippen MR) is 53.1 cm³/mol. The number of morpholine rings is 1. The van der Waals surface area contributed by atoms with Gasteiger partial charge in [-0.25, -0.2) is 4.79 Å². The SMILES string of the molecule is CCCCCOC(=O)C1CNCCO1. The maximum atomic E-state index is 11.4. The van der Waals surface area contributed by atoms with E-state index in [4.69, 9.17) is 9.47 Å². The fourth-order valence-electron chi connectivity index (χ4n) is 1.33. The molecule has 1 rings (SSSR count). The lowest BCUT2D eigenvalue weighted by atomic mass is 10.2. The number of rotatable bonds is 5. The number of carbonyl (C=O) groups is 1. The zero-order valence-electron chi connectivity index (χ0n) is 8.75. The average Bonchev–Trinajstić information content (AvgIpc) is 2.25. The zero-order chi connectivity index (χ0) is 10.2. The number of hydrogen-bond acceptors (Lipinski definition) is 4. The van der Waals surface area contributed by atoms with Gasteiger partial charge in [0.2, 0.25) is 0 Å². The zero-order valence-corrected chi connectivity index (χ0v) is 8.75. The summed E-state index contributed by atoms with van der Waals surface area (Å²) in [5.74, 6) is -0.228. The fraction of sp³-hybridized carbons (Fsp3) is 0.900. The van der Waals surface area contributed by atoms with Crippen molar-refractivity contribution in [3.05, 3.63) is 0 Å². The molecule has 1 N–H and O–H groups in total. The van der Waals surface area contributed by atoms with Crippen molar-refractivity contribution in [2.75, 3.05) is 26.3 Å². The highest BCUT2D eigenvalue weighted by molar-refractivity contribution is 5.75. The highest BCUT2D eigenvalue weighted by Gasteiger charge is 2.22. The van der Waals surface area contributed by atoms with E-state index in [-0.39, 0.29) is 5.97 Å². The standard InChI is InChI=1S/C10H19NO3/c1-2-3-4-6-14-10(12)9-8-11-5-7-13-9/h9,11H,2-8H2,1H3. The van der Waals surface area contributed by atoms with Gasteiger partial charge < -0.3 is 14.8 Å². The molecule has 1 aliphatic heterocycles. The van der Waals surface area contributed by atoms with Crippen molar-refractivity contribution in [1.29, 1.82) is 0 Å². The van der Waals surface area contributed by atoms with Crippen LogP contribution in [0.15, 0.2) is 0 Å². The molecule has 0 saturated carbocycles. The lowest BCUT2D eigenvalue weighted by molar-refractivity contribution is -0.158. The molecule has 0 aromatic heterocycles. The first-order valence-corrected chi connectivity index (χ1v) is 5.33. The van der Waals surface area contributed by atoms with Gasteiger partial charge >= 0.3 is 5.97 Å². The van der Waals surface area contributed by atoms with Crippen molar-refractivity contribution in [2.45, 2.75) is 32.3 Å². The third kappa shape index (κ3) is 4.07. The molecule has 1 atom stereocenters. The highest BCUT2D eigenvalue weighted by Crippen LogP contribution is 2.01. The van der Waals surface area contributed by atoms with Crippen LogP contribution in [-0.2, 0) is 14.3 Å². The Balaban J connectivity index is 2.07. The number of unbranched alkanes of at least 4 members (excludes halogenated alkanes) is 2. The van der Waals surface area contributed by atoms with E-state index in [1.165, 1.54) is 0 Å². The van der Waals surface area contributed by atoms with Crippen LogP contribution in [0.1, 0.15) is 26.2 Å². The number of hydrogen-bond donors (Lipinski definition) is 1. The smallest absolute Gasteiger partial charge is 0.336 e. The van der Waals surface area contributed by atoms with Crippen molar-refractivity contribution in [3.63, 3.8) is 0 Å². The van der Waals surface area contributed by atoms with Gasteiger partial charge in [0.05, 0.1) is 13.2 Å². The molecule has 0 aliphatic carbocycles. The summed E-state index contributed by atoms with van der Waals surface area (Å²) < 4.78 is 10.3. The topological polar surface area (TPSA) is 47.6 Å². The van der Waals surface area contributed by atoms with Gasteiger partial charge in [0, 0.05) is 13.1 Å². The molecular formula is C10H19NO3. The Labute approximate surface area is 85.0 Å². The second-order valence-corrected chi connectivity index (χ2v) is 3.44. The van der Waals surface area contributed by atoms with Gasteiger partial charge in [-0.2, -0.15) is 0 Å². The lowest BCUT2D eigenvalue weighted by Crippen LogP contribution is -2.43. The summed E-state index contributed by atoms with van der Waals surface area (Å²) in [6.45, 7) is 4.63. The van der Waals surface area contributed by atoms with Crippen LogP contribution in [0.2, 0.25) is 0 Å². The molecule has 0 bridgehead atoms. The minimum absolute atomic E-state index is 0.228. The first-order chi connectivity index (χ1) is 6.84. The van der Waals surface area contributed by atoms with Gasteiger partial charge in [-0.15, -0.1) is 0 Å². The Kier molecular flexibility index (Phi) is 5.56. The van der Waals surface area contributed by atoms with Crippen molar-refractivity contribution in [2.24, 2.45) is 0 Å². The number of carbonyl (C=O) groups excluding carboxylic acids is 1. The van der Waals surface area contributed by atoms with Crippen LogP contribution < -0.4 is 5.32 Å². The van der Waals surface area contributed by atoms with E-state index in [9.17, 15) is 4.79 Å². The first-order valence-electron chi connectivity index (χ1n) is 5.33. The van der Waals surface area contributed by atoms with Gasteiger partial charge in [0.25, 0.3) is 0 Å². The fourth-order valence-corrected chi connectivity index (χ4v) is 1.33. The number of ether oxygens (including phenoxy) is 2.